The Labute approximate surface area is 125 Å². The summed E-state index contributed by atoms with van der Waals surface area (Å²) in [6, 6.07) is 5.83. The van der Waals surface area contributed by atoms with Crippen LogP contribution in [-0.4, -0.2) is 29.1 Å². The van der Waals surface area contributed by atoms with Gasteiger partial charge in [0, 0.05) is 5.56 Å². The van der Waals surface area contributed by atoms with E-state index in [4.69, 9.17) is 9.84 Å². The van der Waals surface area contributed by atoms with Crippen LogP contribution in [0.5, 0.6) is 5.75 Å². The van der Waals surface area contributed by atoms with Crippen molar-refractivity contribution < 1.29 is 19.4 Å². The number of rotatable bonds is 8. The Morgan fingerprint density at radius 3 is 2.33 bits per heavy atom. The maximum absolute atomic E-state index is 12.0. The number of ether oxygens (including phenoxy) is 1. The van der Waals surface area contributed by atoms with Crippen LogP contribution in [-0.2, 0) is 4.79 Å². The Morgan fingerprint density at radius 1 is 1.24 bits per heavy atom. The van der Waals surface area contributed by atoms with Crippen LogP contribution in [0.15, 0.2) is 24.3 Å². The summed E-state index contributed by atoms with van der Waals surface area (Å²) in [6.07, 6.45) is 2.15. The molecule has 0 heterocycles. The second-order valence-electron chi connectivity index (χ2n) is 5.20. The second kappa shape index (κ2) is 8.29. The van der Waals surface area contributed by atoms with Gasteiger partial charge in [-0.3, -0.25) is 4.79 Å². The number of benzene rings is 1. The minimum absolute atomic E-state index is 0.0649. The molecule has 5 heteroatoms. The Morgan fingerprint density at radius 2 is 1.86 bits per heavy atom. The van der Waals surface area contributed by atoms with Gasteiger partial charge in [-0.2, -0.15) is 0 Å². The highest BCUT2D eigenvalue weighted by Crippen LogP contribution is 2.14. The SMILES string of the molecule is CCCCC(NC(=O)c1ccc(OC(C)C)cc1)C(=O)O. The minimum atomic E-state index is -1.00. The van der Waals surface area contributed by atoms with Crippen LogP contribution in [0.3, 0.4) is 0 Å². The van der Waals surface area contributed by atoms with Crippen molar-refractivity contribution in [3.05, 3.63) is 29.8 Å². The van der Waals surface area contributed by atoms with Crippen molar-refractivity contribution >= 4 is 11.9 Å². The first-order valence-electron chi connectivity index (χ1n) is 7.24. The van der Waals surface area contributed by atoms with Crippen LogP contribution in [0, 0.1) is 0 Å². The maximum atomic E-state index is 12.0. The summed E-state index contributed by atoms with van der Waals surface area (Å²) in [5.41, 5.74) is 0.425. The molecule has 0 radical (unpaired) electrons. The summed E-state index contributed by atoms with van der Waals surface area (Å²) >= 11 is 0. The fourth-order valence-corrected chi connectivity index (χ4v) is 1.86. The van der Waals surface area contributed by atoms with Gasteiger partial charge in [0.1, 0.15) is 11.8 Å². The summed E-state index contributed by atoms with van der Waals surface area (Å²) < 4.78 is 5.50. The molecule has 0 aromatic heterocycles. The lowest BCUT2D eigenvalue weighted by atomic mass is 10.1. The van der Waals surface area contributed by atoms with Crippen LogP contribution < -0.4 is 10.1 Å². The van der Waals surface area contributed by atoms with Gasteiger partial charge in [-0.25, -0.2) is 4.79 Å². The lowest BCUT2D eigenvalue weighted by Gasteiger charge is -2.14. The topological polar surface area (TPSA) is 75.6 Å². The molecule has 0 saturated heterocycles. The molecule has 1 aromatic carbocycles. The highest BCUT2D eigenvalue weighted by atomic mass is 16.5. The highest BCUT2D eigenvalue weighted by molar-refractivity contribution is 5.96. The van der Waals surface area contributed by atoms with Crippen molar-refractivity contribution in [2.75, 3.05) is 0 Å². The van der Waals surface area contributed by atoms with Crippen molar-refractivity contribution in [2.45, 2.75) is 52.2 Å². The van der Waals surface area contributed by atoms with E-state index < -0.39 is 12.0 Å². The van der Waals surface area contributed by atoms with Gasteiger partial charge < -0.3 is 15.2 Å². The zero-order valence-corrected chi connectivity index (χ0v) is 12.8. The number of amides is 1. The predicted octanol–water partition coefficient (Wildman–Crippen LogP) is 2.85. The minimum Gasteiger partial charge on any atom is -0.491 e. The molecule has 116 valence electrons. The summed E-state index contributed by atoms with van der Waals surface area (Å²) in [5, 5.41) is 11.7. The number of nitrogens with one attached hydrogen (secondary N) is 1. The van der Waals surface area contributed by atoms with Gasteiger partial charge in [-0.1, -0.05) is 19.8 Å². The highest BCUT2D eigenvalue weighted by Gasteiger charge is 2.19. The Balaban J connectivity index is 2.67. The molecular weight excluding hydrogens is 270 g/mol. The first-order chi connectivity index (χ1) is 9.93. The van der Waals surface area contributed by atoms with Crippen molar-refractivity contribution in [3.8, 4) is 5.75 Å². The van der Waals surface area contributed by atoms with E-state index in [1.165, 1.54) is 0 Å². The number of hydrogen-bond donors (Lipinski definition) is 2. The van der Waals surface area contributed by atoms with Crippen LogP contribution in [0.4, 0.5) is 0 Å². The molecule has 1 aromatic rings. The van der Waals surface area contributed by atoms with E-state index in [0.717, 1.165) is 12.8 Å². The molecular formula is C16H23NO4. The largest absolute Gasteiger partial charge is 0.491 e. The summed E-state index contributed by atoms with van der Waals surface area (Å²) in [7, 11) is 0. The molecule has 0 aliphatic carbocycles. The fourth-order valence-electron chi connectivity index (χ4n) is 1.86. The van der Waals surface area contributed by atoms with Crippen LogP contribution in [0.25, 0.3) is 0 Å². The Kier molecular flexibility index (Phi) is 6.72. The molecule has 0 spiro atoms. The van der Waals surface area contributed by atoms with E-state index in [1.807, 2.05) is 20.8 Å². The Hall–Kier alpha value is -2.04. The first kappa shape index (κ1) is 17.0. The molecule has 0 saturated carbocycles. The third-order valence-electron chi connectivity index (χ3n) is 2.94. The number of carboxylic acid groups (broad SMARTS) is 1. The molecule has 1 atom stereocenters. The lowest BCUT2D eigenvalue weighted by Crippen LogP contribution is -2.40. The van der Waals surface area contributed by atoms with Gasteiger partial charge in [-0.05, 0) is 44.5 Å². The molecule has 0 aliphatic heterocycles. The molecule has 1 unspecified atom stereocenters. The van der Waals surface area contributed by atoms with E-state index in [0.29, 0.717) is 17.7 Å². The van der Waals surface area contributed by atoms with Gasteiger partial charge in [-0.15, -0.1) is 0 Å². The van der Waals surface area contributed by atoms with Gasteiger partial charge in [0.15, 0.2) is 0 Å². The summed E-state index contributed by atoms with van der Waals surface area (Å²) in [5.74, 6) is -0.700. The molecule has 1 rings (SSSR count). The van der Waals surface area contributed by atoms with E-state index in [1.54, 1.807) is 24.3 Å². The van der Waals surface area contributed by atoms with Crippen LogP contribution in [0.1, 0.15) is 50.4 Å². The van der Waals surface area contributed by atoms with Gasteiger partial charge in [0.05, 0.1) is 6.10 Å². The molecule has 21 heavy (non-hydrogen) atoms. The summed E-state index contributed by atoms with van der Waals surface area (Å²) in [4.78, 5) is 23.2. The lowest BCUT2D eigenvalue weighted by molar-refractivity contribution is -0.139. The smallest absolute Gasteiger partial charge is 0.326 e. The normalized spacial score (nSPS) is 12.0. The van der Waals surface area contributed by atoms with Crippen molar-refractivity contribution in [1.82, 2.24) is 5.32 Å². The van der Waals surface area contributed by atoms with E-state index >= 15 is 0 Å². The maximum Gasteiger partial charge on any atom is 0.326 e. The molecule has 0 fully saturated rings. The first-order valence-corrected chi connectivity index (χ1v) is 7.24. The van der Waals surface area contributed by atoms with Crippen molar-refractivity contribution in [3.63, 3.8) is 0 Å². The van der Waals surface area contributed by atoms with E-state index in [-0.39, 0.29) is 12.0 Å². The average molecular weight is 293 g/mol. The molecule has 0 aliphatic rings. The van der Waals surface area contributed by atoms with Gasteiger partial charge in [0.25, 0.3) is 5.91 Å². The third kappa shape index (κ3) is 5.85. The van der Waals surface area contributed by atoms with Crippen LogP contribution in [0.2, 0.25) is 0 Å². The quantitative estimate of drug-likeness (QED) is 0.772. The molecule has 0 bridgehead atoms. The van der Waals surface area contributed by atoms with Crippen LogP contribution >= 0.6 is 0 Å². The van der Waals surface area contributed by atoms with E-state index in [2.05, 4.69) is 5.32 Å². The number of carbonyl (C=O) groups excluding carboxylic acids is 1. The van der Waals surface area contributed by atoms with E-state index in [9.17, 15) is 9.59 Å². The fraction of sp³-hybridized carbons (Fsp3) is 0.500. The van der Waals surface area contributed by atoms with Crippen molar-refractivity contribution in [2.24, 2.45) is 0 Å². The monoisotopic (exact) mass is 293 g/mol. The predicted molar refractivity (Wildman–Crippen MR) is 80.6 cm³/mol. The zero-order chi connectivity index (χ0) is 15.8. The van der Waals surface area contributed by atoms with Crippen molar-refractivity contribution in [1.29, 1.82) is 0 Å². The second-order valence-corrected chi connectivity index (χ2v) is 5.20. The third-order valence-corrected chi connectivity index (χ3v) is 2.94. The average Bonchev–Trinajstić information content (AvgIpc) is 2.43. The number of carbonyl (C=O) groups is 2. The molecule has 2 N–H and O–H groups in total. The number of hydrogen-bond acceptors (Lipinski definition) is 3. The number of carboxylic acids is 1. The Bertz CT molecular complexity index is 468. The number of aliphatic carboxylic acids is 1. The van der Waals surface area contributed by atoms with Gasteiger partial charge >= 0.3 is 5.97 Å². The summed E-state index contributed by atoms with van der Waals surface area (Å²) in [6.45, 7) is 5.83. The van der Waals surface area contributed by atoms with Gasteiger partial charge in [0.2, 0.25) is 0 Å². The standard InChI is InChI=1S/C16H23NO4/c1-4-5-6-14(16(19)20)17-15(18)12-7-9-13(10-8-12)21-11(2)3/h7-11,14H,4-6H2,1-3H3,(H,17,18)(H,19,20). The molecule has 5 nitrogen and oxygen atoms in total. The molecule has 1 amide bonds. The number of unbranched alkanes of at least 4 members (excludes halogenated alkanes) is 1. The zero-order valence-electron chi connectivity index (χ0n) is 12.8.